The number of aliphatic imine (C=N–C) groups is 1. The van der Waals surface area contributed by atoms with E-state index in [0.717, 1.165) is 5.56 Å². The van der Waals surface area contributed by atoms with E-state index in [-0.39, 0.29) is 0 Å². The first-order valence-electron chi connectivity index (χ1n) is 3.81. The molecule has 0 aliphatic heterocycles. The maximum absolute atomic E-state index is 9.83. The van der Waals surface area contributed by atoms with Crippen molar-refractivity contribution in [3.63, 3.8) is 0 Å². The molecule has 1 aromatic carbocycles. The lowest BCUT2D eigenvalue weighted by Gasteiger charge is -1.92. The van der Waals surface area contributed by atoms with Gasteiger partial charge in [-0.2, -0.15) is 10.3 Å². The number of carbonyl (C=O) groups excluding carboxylic acids is 1. The average Bonchev–Trinajstić information content (AvgIpc) is 2.22. The highest BCUT2D eigenvalue weighted by atomic mass is 16.5. The number of para-hydroxylation sites is 1. The van der Waals surface area contributed by atoms with Gasteiger partial charge in [-0.25, -0.2) is 4.79 Å². The smallest absolute Gasteiger partial charge is 0.286 e. The van der Waals surface area contributed by atoms with Crippen molar-refractivity contribution in [1.82, 2.24) is 0 Å². The Balaban J connectivity index is 0.000000364. The molecular formula is C10H10N2O2. The fraction of sp³-hybridized carbons (Fsp3) is 0.200. The van der Waals surface area contributed by atoms with E-state index in [0.29, 0.717) is 5.69 Å². The standard InChI is InChI=1S/C8H7NO.C2H3NO/c1-7-4-2-3-5-8(7)9-6-10;1-4-2-3/h2-5H,1H3;1H3. The predicted molar refractivity (Wildman–Crippen MR) is 51.6 cm³/mol. The second-order valence-corrected chi connectivity index (χ2v) is 2.28. The van der Waals surface area contributed by atoms with Crippen LogP contribution >= 0.6 is 0 Å². The molecule has 4 nitrogen and oxygen atoms in total. The summed E-state index contributed by atoms with van der Waals surface area (Å²) in [5.74, 6) is 0. The van der Waals surface area contributed by atoms with Crippen LogP contribution in [0.4, 0.5) is 5.69 Å². The first kappa shape index (κ1) is 11.9. The molecule has 0 aliphatic rings. The van der Waals surface area contributed by atoms with E-state index < -0.39 is 0 Å². The molecule has 0 saturated heterocycles. The Morgan fingerprint density at radius 1 is 1.43 bits per heavy atom. The summed E-state index contributed by atoms with van der Waals surface area (Å²) in [6.07, 6.45) is 2.93. The van der Waals surface area contributed by atoms with Crippen molar-refractivity contribution in [2.45, 2.75) is 6.92 Å². The van der Waals surface area contributed by atoms with Gasteiger partial charge in [0.25, 0.3) is 6.26 Å². The molecule has 0 aromatic heterocycles. The Labute approximate surface area is 82.5 Å². The van der Waals surface area contributed by atoms with Gasteiger partial charge in [0, 0.05) is 0 Å². The van der Waals surface area contributed by atoms with Crippen LogP contribution in [0.1, 0.15) is 5.56 Å². The SMILES string of the molecule is COC#N.Cc1ccccc1N=C=O. The van der Waals surface area contributed by atoms with Gasteiger partial charge in [-0.3, -0.25) is 0 Å². The lowest BCUT2D eigenvalue weighted by atomic mass is 10.2. The van der Waals surface area contributed by atoms with E-state index >= 15 is 0 Å². The summed E-state index contributed by atoms with van der Waals surface area (Å²) >= 11 is 0. The fourth-order valence-corrected chi connectivity index (χ4v) is 0.738. The van der Waals surface area contributed by atoms with E-state index in [4.69, 9.17) is 5.26 Å². The van der Waals surface area contributed by atoms with Gasteiger partial charge in [-0.15, -0.1) is 0 Å². The molecule has 0 heterocycles. The maximum atomic E-state index is 9.83. The number of ether oxygens (including phenoxy) is 1. The minimum atomic E-state index is 0.692. The molecule has 72 valence electrons. The number of hydrogen-bond acceptors (Lipinski definition) is 4. The zero-order chi connectivity index (χ0) is 10.8. The van der Waals surface area contributed by atoms with E-state index in [1.54, 1.807) is 6.07 Å². The van der Waals surface area contributed by atoms with Crippen LogP contribution in [0.2, 0.25) is 0 Å². The number of isocyanates is 1. The third kappa shape index (κ3) is 4.70. The molecule has 4 heteroatoms. The third-order valence-electron chi connectivity index (χ3n) is 1.37. The minimum Gasteiger partial charge on any atom is -0.431 e. The van der Waals surface area contributed by atoms with Gasteiger partial charge in [0.2, 0.25) is 6.08 Å². The first-order chi connectivity index (χ1) is 6.76. The summed E-state index contributed by atoms with van der Waals surface area (Å²) in [6, 6.07) is 7.42. The third-order valence-corrected chi connectivity index (χ3v) is 1.37. The molecule has 0 spiro atoms. The van der Waals surface area contributed by atoms with E-state index in [1.807, 2.05) is 25.1 Å². The largest absolute Gasteiger partial charge is 0.431 e. The van der Waals surface area contributed by atoms with Crippen LogP contribution in [0, 0.1) is 18.4 Å². The maximum Gasteiger partial charge on any atom is 0.286 e. The van der Waals surface area contributed by atoms with Crippen molar-refractivity contribution < 1.29 is 9.53 Å². The highest BCUT2D eigenvalue weighted by Gasteiger charge is 1.90. The monoisotopic (exact) mass is 190 g/mol. The van der Waals surface area contributed by atoms with Crippen molar-refractivity contribution in [2.24, 2.45) is 4.99 Å². The average molecular weight is 190 g/mol. The zero-order valence-electron chi connectivity index (χ0n) is 8.02. The van der Waals surface area contributed by atoms with E-state index in [2.05, 4.69) is 9.73 Å². The Morgan fingerprint density at radius 2 is 2.00 bits per heavy atom. The van der Waals surface area contributed by atoms with Gasteiger partial charge >= 0.3 is 0 Å². The lowest BCUT2D eigenvalue weighted by molar-refractivity contribution is 0.362. The Hall–Kier alpha value is -2.11. The van der Waals surface area contributed by atoms with Crippen LogP contribution in [0.3, 0.4) is 0 Å². The normalized spacial score (nSPS) is 7.21. The van der Waals surface area contributed by atoms with Gasteiger partial charge in [0.1, 0.15) is 0 Å². The topological polar surface area (TPSA) is 62.4 Å². The molecule has 0 amide bonds. The molecule has 1 rings (SSSR count). The highest BCUT2D eigenvalue weighted by molar-refractivity contribution is 5.52. The van der Waals surface area contributed by atoms with E-state index in [9.17, 15) is 4.79 Å². The lowest BCUT2D eigenvalue weighted by Crippen LogP contribution is -1.70. The molecule has 0 atom stereocenters. The summed E-state index contributed by atoms with van der Waals surface area (Å²) in [7, 11) is 1.32. The zero-order valence-corrected chi connectivity index (χ0v) is 8.02. The van der Waals surface area contributed by atoms with Crippen molar-refractivity contribution in [3.8, 4) is 6.26 Å². The number of benzene rings is 1. The second kappa shape index (κ2) is 7.53. The molecular weight excluding hydrogens is 180 g/mol. The van der Waals surface area contributed by atoms with Gasteiger partial charge < -0.3 is 4.74 Å². The molecule has 0 saturated carbocycles. The van der Waals surface area contributed by atoms with Crippen molar-refractivity contribution in [3.05, 3.63) is 29.8 Å². The highest BCUT2D eigenvalue weighted by Crippen LogP contribution is 2.15. The van der Waals surface area contributed by atoms with Gasteiger partial charge in [-0.05, 0) is 18.6 Å². The quantitative estimate of drug-likeness (QED) is 0.387. The van der Waals surface area contributed by atoms with Crippen molar-refractivity contribution in [1.29, 1.82) is 5.26 Å². The van der Waals surface area contributed by atoms with Crippen LogP contribution in [0.5, 0.6) is 0 Å². The first-order valence-corrected chi connectivity index (χ1v) is 3.81. The summed E-state index contributed by atoms with van der Waals surface area (Å²) in [5.41, 5.74) is 1.68. The molecule has 0 radical (unpaired) electrons. The predicted octanol–water partition coefficient (Wildman–Crippen LogP) is 2.08. The van der Waals surface area contributed by atoms with Crippen LogP contribution in [-0.2, 0) is 9.53 Å². The molecule has 14 heavy (non-hydrogen) atoms. The number of rotatable bonds is 1. The summed E-state index contributed by atoms with van der Waals surface area (Å²) in [4.78, 5) is 13.3. The van der Waals surface area contributed by atoms with Crippen LogP contribution in [0.15, 0.2) is 29.3 Å². The Bertz CT molecular complexity index is 363. The van der Waals surface area contributed by atoms with Gasteiger partial charge in [-0.1, -0.05) is 18.2 Å². The van der Waals surface area contributed by atoms with Crippen LogP contribution in [0.25, 0.3) is 0 Å². The number of methoxy groups -OCH3 is 1. The number of hydrogen-bond donors (Lipinski definition) is 0. The Morgan fingerprint density at radius 3 is 2.43 bits per heavy atom. The number of aryl methyl sites for hydroxylation is 1. The molecule has 0 unspecified atom stereocenters. The van der Waals surface area contributed by atoms with Crippen LogP contribution < -0.4 is 0 Å². The molecule has 0 fully saturated rings. The summed E-state index contributed by atoms with van der Waals surface area (Å²) in [6.45, 7) is 1.90. The molecule has 1 aromatic rings. The molecule has 0 N–H and O–H groups in total. The molecule has 0 bridgehead atoms. The minimum absolute atomic E-state index is 0.692. The Kier molecular flexibility index (Phi) is 6.40. The molecule has 0 aliphatic carbocycles. The van der Waals surface area contributed by atoms with Gasteiger partial charge in [0.15, 0.2) is 0 Å². The van der Waals surface area contributed by atoms with Crippen molar-refractivity contribution in [2.75, 3.05) is 7.11 Å². The summed E-state index contributed by atoms with van der Waals surface area (Å²) < 4.78 is 3.85. The number of nitriles is 1. The van der Waals surface area contributed by atoms with Crippen LogP contribution in [-0.4, -0.2) is 13.2 Å². The second-order valence-electron chi connectivity index (χ2n) is 2.28. The van der Waals surface area contributed by atoms with E-state index in [1.165, 1.54) is 19.4 Å². The summed E-state index contributed by atoms with van der Waals surface area (Å²) in [5, 5.41) is 7.40. The number of nitrogens with zero attached hydrogens (tertiary/aromatic N) is 2. The van der Waals surface area contributed by atoms with Crippen molar-refractivity contribution >= 4 is 11.8 Å². The van der Waals surface area contributed by atoms with Gasteiger partial charge in [0.05, 0.1) is 12.8 Å². The fourth-order valence-electron chi connectivity index (χ4n) is 0.738.